The van der Waals surface area contributed by atoms with Crippen molar-refractivity contribution in [2.45, 2.75) is 19.8 Å². The molecule has 1 heterocycles. The first kappa shape index (κ1) is 16.9. The number of carbonyl (C=O) groups excluding carboxylic acids is 1. The molecule has 0 unspecified atom stereocenters. The van der Waals surface area contributed by atoms with Crippen LogP contribution < -0.4 is 10.9 Å². The number of nitrogens with one attached hydrogen (secondary N) is 1. The Morgan fingerprint density at radius 1 is 1.16 bits per heavy atom. The van der Waals surface area contributed by atoms with Crippen molar-refractivity contribution in [2.24, 2.45) is 7.05 Å². The van der Waals surface area contributed by atoms with Gasteiger partial charge in [0.15, 0.2) is 0 Å². The summed E-state index contributed by atoms with van der Waals surface area (Å²) < 4.78 is 1.55. The Kier molecular flexibility index (Phi) is 4.93. The maximum absolute atomic E-state index is 12.4. The minimum absolute atomic E-state index is 0.0311. The molecule has 0 saturated heterocycles. The van der Waals surface area contributed by atoms with Gasteiger partial charge in [-0.25, -0.2) is 4.98 Å². The molecule has 25 heavy (non-hydrogen) atoms. The van der Waals surface area contributed by atoms with Gasteiger partial charge in [-0.3, -0.25) is 14.2 Å². The van der Waals surface area contributed by atoms with E-state index in [1.807, 2.05) is 49.4 Å². The van der Waals surface area contributed by atoms with Crippen LogP contribution in [0.2, 0.25) is 0 Å². The van der Waals surface area contributed by atoms with Gasteiger partial charge in [-0.1, -0.05) is 42.0 Å². The van der Waals surface area contributed by atoms with Gasteiger partial charge in [0.2, 0.25) is 5.91 Å². The van der Waals surface area contributed by atoms with Crippen LogP contribution in [0, 0.1) is 6.92 Å². The van der Waals surface area contributed by atoms with Crippen LogP contribution in [-0.2, 0) is 24.7 Å². The van der Waals surface area contributed by atoms with Crippen molar-refractivity contribution >= 4 is 16.8 Å². The molecule has 3 rings (SSSR count). The van der Waals surface area contributed by atoms with Crippen LogP contribution in [0.1, 0.15) is 17.0 Å². The molecule has 0 aliphatic heterocycles. The normalized spacial score (nSPS) is 10.8. The standard InChI is InChI=1S/C20H21N3O2/c1-14-6-5-7-15(12-14)13-19(24)21-11-10-18-22-17-9-4-3-8-16(17)20(25)23(18)2/h3-9,12H,10-11,13H2,1-2H3,(H,21,24). The quantitative estimate of drug-likeness (QED) is 0.777. The van der Waals surface area contributed by atoms with Gasteiger partial charge in [-0.15, -0.1) is 0 Å². The zero-order valence-corrected chi connectivity index (χ0v) is 14.5. The average molecular weight is 335 g/mol. The lowest BCUT2D eigenvalue weighted by atomic mass is 10.1. The average Bonchev–Trinajstić information content (AvgIpc) is 2.59. The lowest BCUT2D eigenvalue weighted by molar-refractivity contribution is -0.120. The second-order valence-corrected chi connectivity index (χ2v) is 6.18. The first-order valence-corrected chi connectivity index (χ1v) is 8.31. The highest BCUT2D eigenvalue weighted by atomic mass is 16.1. The smallest absolute Gasteiger partial charge is 0.261 e. The molecule has 0 atom stereocenters. The number of aryl methyl sites for hydroxylation is 1. The van der Waals surface area contributed by atoms with Crippen LogP contribution in [0.5, 0.6) is 0 Å². The van der Waals surface area contributed by atoms with Crippen molar-refractivity contribution in [3.63, 3.8) is 0 Å². The van der Waals surface area contributed by atoms with E-state index in [0.29, 0.717) is 36.1 Å². The zero-order chi connectivity index (χ0) is 17.8. The number of aromatic nitrogens is 2. The van der Waals surface area contributed by atoms with Gasteiger partial charge < -0.3 is 5.32 Å². The Labute approximate surface area is 146 Å². The van der Waals surface area contributed by atoms with Crippen molar-refractivity contribution in [1.29, 1.82) is 0 Å². The molecule has 1 N–H and O–H groups in total. The first-order chi connectivity index (χ1) is 12.0. The van der Waals surface area contributed by atoms with Gasteiger partial charge >= 0.3 is 0 Å². The predicted molar refractivity (Wildman–Crippen MR) is 98.6 cm³/mol. The number of fused-ring (bicyclic) bond motifs is 1. The number of hydrogen-bond acceptors (Lipinski definition) is 3. The van der Waals surface area contributed by atoms with Gasteiger partial charge in [-0.2, -0.15) is 0 Å². The Morgan fingerprint density at radius 2 is 1.96 bits per heavy atom. The highest BCUT2D eigenvalue weighted by Gasteiger charge is 2.09. The highest BCUT2D eigenvalue weighted by Crippen LogP contribution is 2.07. The third-order valence-corrected chi connectivity index (χ3v) is 4.19. The number of hydrogen-bond donors (Lipinski definition) is 1. The van der Waals surface area contributed by atoms with Gasteiger partial charge in [-0.05, 0) is 24.6 Å². The van der Waals surface area contributed by atoms with Crippen LogP contribution in [0.25, 0.3) is 10.9 Å². The van der Waals surface area contributed by atoms with Crippen molar-refractivity contribution < 1.29 is 4.79 Å². The molecule has 5 heteroatoms. The summed E-state index contributed by atoms with van der Waals surface area (Å²) in [5, 5.41) is 3.51. The van der Waals surface area contributed by atoms with E-state index in [-0.39, 0.29) is 11.5 Å². The minimum Gasteiger partial charge on any atom is -0.355 e. The lowest BCUT2D eigenvalue weighted by Gasteiger charge is -2.10. The second kappa shape index (κ2) is 7.30. The molecule has 0 saturated carbocycles. The Balaban J connectivity index is 1.64. The fourth-order valence-electron chi connectivity index (χ4n) is 2.87. The molecule has 3 aromatic rings. The SMILES string of the molecule is Cc1cccc(CC(=O)NCCc2nc3ccccc3c(=O)n2C)c1. The third-order valence-electron chi connectivity index (χ3n) is 4.19. The van der Waals surface area contributed by atoms with Gasteiger partial charge in [0.05, 0.1) is 17.3 Å². The second-order valence-electron chi connectivity index (χ2n) is 6.18. The van der Waals surface area contributed by atoms with E-state index >= 15 is 0 Å². The van der Waals surface area contributed by atoms with Crippen LogP contribution in [0.15, 0.2) is 53.3 Å². The van der Waals surface area contributed by atoms with E-state index in [1.165, 1.54) is 0 Å². The molecule has 0 aliphatic carbocycles. The maximum atomic E-state index is 12.4. The summed E-state index contributed by atoms with van der Waals surface area (Å²) in [5.41, 5.74) is 2.76. The molecule has 128 valence electrons. The van der Waals surface area contributed by atoms with Gasteiger partial charge in [0.1, 0.15) is 5.82 Å². The van der Waals surface area contributed by atoms with Crippen LogP contribution >= 0.6 is 0 Å². The van der Waals surface area contributed by atoms with Crippen LogP contribution in [0.3, 0.4) is 0 Å². The van der Waals surface area contributed by atoms with Crippen molar-refractivity contribution in [3.8, 4) is 0 Å². The topological polar surface area (TPSA) is 64.0 Å². The van der Waals surface area contributed by atoms with Crippen LogP contribution in [-0.4, -0.2) is 22.0 Å². The van der Waals surface area contributed by atoms with E-state index in [1.54, 1.807) is 17.7 Å². The minimum atomic E-state index is -0.0633. The van der Waals surface area contributed by atoms with Crippen molar-refractivity contribution in [3.05, 3.63) is 75.8 Å². The number of carbonyl (C=O) groups is 1. The number of nitrogens with zero attached hydrogens (tertiary/aromatic N) is 2. The number of benzene rings is 2. The molecule has 0 fully saturated rings. The molecule has 0 radical (unpaired) electrons. The molecule has 2 aromatic carbocycles. The molecular weight excluding hydrogens is 314 g/mol. The lowest BCUT2D eigenvalue weighted by Crippen LogP contribution is -2.30. The van der Waals surface area contributed by atoms with Gasteiger partial charge in [0, 0.05) is 20.0 Å². The molecule has 5 nitrogen and oxygen atoms in total. The molecule has 1 amide bonds. The first-order valence-electron chi connectivity index (χ1n) is 8.31. The maximum Gasteiger partial charge on any atom is 0.261 e. The summed E-state index contributed by atoms with van der Waals surface area (Å²) in [6.45, 7) is 2.45. The van der Waals surface area contributed by atoms with Gasteiger partial charge in [0.25, 0.3) is 5.56 Å². The Bertz CT molecular complexity index is 976. The van der Waals surface area contributed by atoms with Crippen LogP contribution in [0.4, 0.5) is 0 Å². The van der Waals surface area contributed by atoms with E-state index in [0.717, 1.165) is 11.1 Å². The van der Waals surface area contributed by atoms with E-state index in [2.05, 4.69) is 10.3 Å². The monoisotopic (exact) mass is 335 g/mol. The summed E-state index contributed by atoms with van der Waals surface area (Å²) in [4.78, 5) is 29.0. The summed E-state index contributed by atoms with van der Waals surface area (Å²) >= 11 is 0. The third kappa shape index (κ3) is 3.94. The summed E-state index contributed by atoms with van der Waals surface area (Å²) in [6.07, 6.45) is 0.863. The summed E-state index contributed by atoms with van der Waals surface area (Å²) in [6, 6.07) is 15.2. The Hall–Kier alpha value is -2.95. The van der Waals surface area contributed by atoms with Crippen molar-refractivity contribution in [1.82, 2.24) is 14.9 Å². The highest BCUT2D eigenvalue weighted by molar-refractivity contribution is 5.79. The molecule has 0 spiro atoms. The van der Waals surface area contributed by atoms with Crippen molar-refractivity contribution in [2.75, 3.05) is 6.54 Å². The molecule has 0 aliphatic rings. The fourth-order valence-corrected chi connectivity index (χ4v) is 2.87. The van der Waals surface area contributed by atoms with E-state index < -0.39 is 0 Å². The summed E-state index contributed by atoms with van der Waals surface area (Å²) in [5.74, 6) is 0.635. The van der Waals surface area contributed by atoms with E-state index in [9.17, 15) is 9.59 Å². The Morgan fingerprint density at radius 3 is 2.76 bits per heavy atom. The number of para-hydroxylation sites is 1. The summed E-state index contributed by atoms with van der Waals surface area (Å²) in [7, 11) is 1.71. The zero-order valence-electron chi connectivity index (χ0n) is 14.5. The largest absolute Gasteiger partial charge is 0.355 e. The molecule has 1 aromatic heterocycles. The van der Waals surface area contributed by atoms with E-state index in [4.69, 9.17) is 0 Å². The molecular formula is C20H21N3O2. The number of rotatable bonds is 5. The fraction of sp³-hybridized carbons (Fsp3) is 0.250. The predicted octanol–water partition coefficient (Wildman–Crippen LogP) is 2.14. The number of amides is 1. The molecule has 0 bridgehead atoms.